The van der Waals surface area contributed by atoms with Gasteiger partial charge in [-0.1, -0.05) is 49.5 Å². The normalized spacial score (nSPS) is 12.1. The Morgan fingerprint density at radius 3 is 2.27 bits per heavy atom. The SMILES string of the molecule is CCCCNC(=O)[C@H](CC)N(Cc1ccc(Cl)cc1Cl)C(=O)CN(c1ccc(OCC)cc1)S(C)(=O)=O. The summed E-state index contributed by atoms with van der Waals surface area (Å²) in [4.78, 5) is 28.2. The summed E-state index contributed by atoms with van der Waals surface area (Å²) in [5.74, 6) is -0.260. The van der Waals surface area contributed by atoms with Gasteiger partial charge in [-0.3, -0.25) is 13.9 Å². The van der Waals surface area contributed by atoms with Crippen LogP contribution in [0.4, 0.5) is 5.69 Å². The highest BCUT2D eigenvalue weighted by atomic mass is 35.5. The van der Waals surface area contributed by atoms with Gasteiger partial charge in [0.05, 0.1) is 18.6 Å². The molecule has 37 heavy (non-hydrogen) atoms. The lowest BCUT2D eigenvalue weighted by Gasteiger charge is -2.33. The number of halogens is 2. The first kappa shape index (κ1) is 30.7. The maximum Gasteiger partial charge on any atom is 0.244 e. The number of ether oxygens (including phenoxy) is 1. The van der Waals surface area contributed by atoms with Crippen molar-refractivity contribution in [2.45, 2.75) is 52.6 Å². The predicted molar refractivity (Wildman–Crippen MR) is 149 cm³/mol. The van der Waals surface area contributed by atoms with E-state index in [9.17, 15) is 18.0 Å². The third kappa shape index (κ3) is 9.09. The van der Waals surface area contributed by atoms with E-state index in [0.29, 0.717) is 46.6 Å². The minimum absolute atomic E-state index is 0.00934. The van der Waals surface area contributed by atoms with Crippen molar-refractivity contribution in [3.63, 3.8) is 0 Å². The zero-order chi connectivity index (χ0) is 27.6. The quantitative estimate of drug-likeness (QED) is 0.326. The Labute approximate surface area is 229 Å². The number of carbonyl (C=O) groups is 2. The fourth-order valence-electron chi connectivity index (χ4n) is 3.75. The Balaban J connectivity index is 2.42. The van der Waals surface area contributed by atoms with Gasteiger partial charge in [-0.2, -0.15) is 0 Å². The number of hydrogen-bond donors (Lipinski definition) is 1. The molecule has 0 bridgehead atoms. The van der Waals surface area contributed by atoms with Gasteiger partial charge in [0.2, 0.25) is 21.8 Å². The van der Waals surface area contributed by atoms with Gasteiger partial charge in [-0.25, -0.2) is 8.42 Å². The second-order valence-electron chi connectivity index (χ2n) is 8.52. The van der Waals surface area contributed by atoms with Gasteiger partial charge in [0.1, 0.15) is 18.3 Å². The number of sulfonamides is 1. The van der Waals surface area contributed by atoms with Gasteiger partial charge in [-0.05, 0) is 61.7 Å². The molecule has 0 radical (unpaired) electrons. The molecule has 2 aromatic rings. The van der Waals surface area contributed by atoms with Crippen molar-refractivity contribution in [1.29, 1.82) is 0 Å². The average Bonchev–Trinajstić information content (AvgIpc) is 2.84. The molecule has 0 spiro atoms. The van der Waals surface area contributed by atoms with E-state index in [1.54, 1.807) is 49.4 Å². The molecule has 0 fully saturated rings. The fourth-order valence-corrected chi connectivity index (χ4v) is 5.07. The molecule has 2 rings (SSSR count). The van der Waals surface area contributed by atoms with Gasteiger partial charge in [0, 0.05) is 23.1 Å². The third-order valence-electron chi connectivity index (χ3n) is 5.69. The minimum Gasteiger partial charge on any atom is -0.494 e. The molecule has 0 saturated heterocycles. The first-order valence-electron chi connectivity index (χ1n) is 12.2. The van der Waals surface area contributed by atoms with Crippen molar-refractivity contribution < 1.29 is 22.7 Å². The summed E-state index contributed by atoms with van der Waals surface area (Å²) in [7, 11) is -3.83. The highest BCUT2D eigenvalue weighted by Gasteiger charge is 2.32. The molecule has 0 aliphatic rings. The van der Waals surface area contributed by atoms with Gasteiger partial charge >= 0.3 is 0 Å². The fraction of sp³-hybridized carbons (Fsp3) is 0.462. The van der Waals surface area contributed by atoms with E-state index in [1.807, 2.05) is 13.8 Å². The molecule has 8 nitrogen and oxygen atoms in total. The lowest BCUT2D eigenvalue weighted by molar-refractivity contribution is -0.140. The average molecular weight is 573 g/mol. The van der Waals surface area contributed by atoms with E-state index < -0.39 is 28.5 Å². The van der Waals surface area contributed by atoms with Crippen LogP contribution in [-0.4, -0.2) is 57.1 Å². The molecular formula is C26H35Cl2N3O5S. The van der Waals surface area contributed by atoms with Crippen molar-refractivity contribution in [2.24, 2.45) is 0 Å². The highest BCUT2D eigenvalue weighted by molar-refractivity contribution is 7.92. The molecule has 0 saturated carbocycles. The Morgan fingerprint density at radius 1 is 1.05 bits per heavy atom. The van der Waals surface area contributed by atoms with Crippen LogP contribution < -0.4 is 14.4 Å². The van der Waals surface area contributed by atoms with E-state index in [2.05, 4.69) is 5.32 Å². The molecule has 1 N–H and O–H groups in total. The minimum atomic E-state index is -3.83. The summed E-state index contributed by atoms with van der Waals surface area (Å²) < 4.78 is 31.9. The Morgan fingerprint density at radius 2 is 1.73 bits per heavy atom. The Kier molecular flexibility index (Phi) is 12.0. The first-order chi connectivity index (χ1) is 17.5. The molecule has 11 heteroatoms. The molecule has 0 unspecified atom stereocenters. The van der Waals surface area contributed by atoms with E-state index >= 15 is 0 Å². The second-order valence-corrected chi connectivity index (χ2v) is 11.3. The van der Waals surface area contributed by atoms with Crippen LogP contribution in [0.3, 0.4) is 0 Å². The summed E-state index contributed by atoms with van der Waals surface area (Å²) in [5.41, 5.74) is 0.899. The molecule has 0 aliphatic carbocycles. The lowest BCUT2D eigenvalue weighted by atomic mass is 10.1. The Bertz CT molecular complexity index is 1160. The molecule has 0 aromatic heterocycles. The van der Waals surface area contributed by atoms with Gasteiger partial charge in [0.15, 0.2) is 0 Å². The second kappa shape index (κ2) is 14.4. The molecule has 204 valence electrons. The highest BCUT2D eigenvalue weighted by Crippen LogP contribution is 2.25. The number of benzene rings is 2. The van der Waals surface area contributed by atoms with E-state index in [0.717, 1.165) is 23.4 Å². The van der Waals surface area contributed by atoms with Crippen LogP contribution in [0, 0.1) is 0 Å². The topological polar surface area (TPSA) is 96.0 Å². The molecule has 1 atom stereocenters. The smallest absolute Gasteiger partial charge is 0.244 e. The largest absolute Gasteiger partial charge is 0.494 e. The van der Waals surface area contributed by atoms with Crippen molar-refractivity contribution in [3.05, 3.63) is 58.1 Å². The third-order valence-corrected chi connectivity index (χ3v) is 7.41. The summed E-state index contributed by atoms with van der Waals surface area (Å²) in [6.45, 7) is 6.13. The summed E-state index contributed by atoms with van der Waals surface area (Å²) in [6.07, 6.45) is 3.08. The number of amides is 2. The van der Waals surface area contributed by atoms with E-state index in [1.165, 1.54) is 4.90 Å². The monoisotopic (exact) mass is 571 g/mol. The van der Waals surface area contributed by atoms with Gasteiger partial charge in [0.25, 0.3) is 0 Å². The van der Waals surface area contributed by atoms with Gasteiger partial charge < -0.3 is 15.0 Å². The number of nitrogens with zero attached hydrogens (tertiary/aromatic N) is 2. The molecule has 0 heterocycles. The van der Waals surface area contributed by atoms with Crippen LogP contribution in [0.2, 0.25) is 10.0 Å². The molecule has 0 aliphatic heterocycles. The number of rotatable bonds is 14. The predicted octanol–water partition coefficient (Wildman–Crippen LogP) is 4.88. The van der Waals surface area contributed by atoms with Crippen LogP contribution in [0.1, 0.15) is 45.6 Å². The van der Waals surface area contributed by atoms with Crippen LogP contribution in [0.15, 0.2) is 42.5 Å². The zero-order valence-corrected chi connectivity index (χ0v) is 24.0. The standard InChI is InChI=1S/C26H35Cl2N3O5S/c1-5-8-15-29-26(33)24(6-2)30(17-19-9-10-20(27)16-23(19)28)25(32)18-31(37(4,34)35)21-11-13-22(14-12-21)36-7-3/h9-14,16,24H,5-8,15,17-18H2,1-4H3,(H,29,33)/t24-/m0/s1. The maximum absolute atomic E-state index is 13.7. The number of nitrogens with one attached hydrogen (secondary N) is 1. The lowest BCUT2D eigenvalue weighted by Crippen LogP contribution is -2.52. The first-order valence-corrected chi connectivity index (χ1v) is 14.8. The number of hydrogen-bond acceptors (Lipinski definition) is 5. The molecule has 2 aromatic carbocycles. The van der Waals surface area contributed by atoms with E-state index in [-0.39, 0.29) is 12.5 Å². The maximum atomic E-state index is 13.7. The van der Waals surface area contributed by atoms with Crippen molar-refractivity contribution in [3.8, 4) is 5.75 Å². The van der Waals surface area contributed by atoms with Crippen molar-refractivity contribution in [1.82, 2.24) is 10.2 Å². The van der Waals surface area contributed by atoms with Crippen LogP contribution in [-0.2, 0) is 26.2 Å². The molecule has 2 amide bonds. The van der Waals surface area contributed by atoms with Crippen molar-refractivity contribution in [2.75, 3.05) is 30.3 Å². The zero-order valence-electron chi connectivity index (χ0n) is 21.7. The van der Waals surface area contributed by atoms with Crippen molar-refractivity contribution >= 4 is 50.7 Å². The summed E-state index contributed by atoms with van der Waals surface area (Å²) in [6, 6.07) is 10.5. The van der Waals surface area contributed by atoms with Crippen LogP contribution in [0.25, 0.3) is 0 Å². The summed E-state index contributed by atoms with van der Waals surface area (Å²) >= 11 is 12.4. The summed E-state index contributed by atoms with van der Waals surface area (Å²) in [5, 5.41) is 3.67. The van der Waals surface area contributed by atoms with Gasteiger partial charge in [-0.15, -0.1) is 0 Å². The van der Waals surface area contributed by atoms with Crippen LogP contribution in [0.5, 0.6) is 5.75 Å². The van der Waals surface area contributed by atoms with Crippen LogP contribution >= 0.6 is 23.2 Å². The number of anilines is 1. The molecular weight excluding hydrogens is 537 g/mol. The van der Waals surface area contributed by atoms with E-state index in [4.69, 9.17) is 27.9 Å². The number of carbonyl (C=O) groups excluding carboxylic acids is 2. The number of unbranched alkanes of at least 4 members (excludes halogenated alkanes) is 1. The Hall–Kier alpha value is -2.49.